The van der Waals surface area contributed by atoms with E-state index in [1.165, 1.54) is 12.8 Å². The maximum Gasteiger partial charge on any atom is 0.220 e. The molecule has 3 rings (SSSR count). The van der Waals surface area contributed by atoms with Gasteiger partial charge in [0.2, 0.25) is 5.91 Å². The molecule has 120 valence electrons. The summed E-state index contributed by atoms with van der Waals surface area (Å²) >= 11 is 0. The average Bonchev–Trinajstić information content (AvgIpc) is 3.27. The molecule has 0 saturated heterocycles. The molecule has 1 amide bonds. The molecule has 4 heteroatoms. The van der Waals surface area contributed by atoms with Crippen LogP contribution in [0.3, 0.4) is 0 Å². The number of hydrogen-bond donors (Lipinski definition) is 2. The minimum absolute atomic E-state index is 0.0966. The topological polar surface area (TPSA) is 64.4 Å². The van der Waals surface area contributed by atoms with Gasteiger partial charge >= 0.3 is 0 Å². The van der Waals surface area contributed by atoms with Gasteiger partial charge in [0, 0.05) is 24.6 Å². The highest BCUT2D eigenvalue weighted by atomic mass is 16.5. The molecule has 1 aromatic carbocycles. The maximum atomic E-state index is 12.1. The number of nitrogens with two attached hydrogens (primary N) is 1. The van der Waals surface area contributed by atoms with Crippen molar-refractivity contribution < 1.29 is 9.53 Å². The van der Waals surface area contributed by atoms with E-state index in [1.54, 1.807) is 0 Å². The molecule has 2 atom stereocenters. The normalized spacial score (nSPS) is 24.2. The standard InChI is InChI=1S/C18H26N2O2/c19-16-6-3-5-14(16)10-18(21)20-11-15-4-1-2-7-17(15)22-12-13-8-9-13/h1-2,4,7,13-14,16H,3,5-6,8-12,19H2,(H,20,21)/t14-,16+/m0/s1. The monoisotopic (exact) mass is 302 g/mol. The summed E-state index contributed by atoms with van der Waals surface area (Å²) in [7, 11) is 0. The molecular weight excluding hydrogens is 276 g/mol. The number of ether oxygens (including phenoxy) is 1. The van der Waals surface area contributed by atoms with Gasteiger partial charge in [-0.1, -0.05) is 24.6 Å². The second-order valence-corrected chi connectivity index (χ2v) is 6.70. The number of para-hydroxylation sites is 1. The lowest BCUT2D eigenvalue weighted by molar-refractivity contribution is -0.122. The van der Waals surface area contributed by atoms with Crippen LogP contribution in [0.1, 0.15) is 44.1 Å². The minimum atomic E-state index is 0.0966. The van der Waals surface area contributed by atoms with Gasteiger partial charge in [-0.25, -0.2) is 0 Å². The van der Waals surface area contributed by atoms with Gasteiger partial charge in [0.05, 0.1) is 6.61 Å². The quantitative estimate of drug-likeness (QED) is 0.814. The van der Waals surface area contributed by atoms with Crippen molar-refractivity contribution in [2.75, 3.05) is 6.61 Å². The van der Waals surface area contributed by atoms with Crippen LogP contribution in [0.5, 0.6) is 5.75 Å². The van der Waals surface area contributed by atoms with Crippen LogP contribution in [-0.4, -0.2) is 18.6 Å². The lowest BCUT2D eigenvalue weighted by Gasteiger charge is -2.16. The third-order valence-corrected chi connectivity index (χ3v) is 4.79. The van der Waals surface area contributed by atoms with Crippen LogP contribution >= 0.6 is 0 Å². The Hall–Kier alpha value is -1.55. The summed E-state index contributed by atoms with van der Waals surface area (Å²) in [5.41, 5.74) is 7.08. The second kappa shape index (κ2) is 7.14. The Balaban J connectivity index is 1.48. The molecule has 0 heterocycles. The summed E-state index contributed by atoms with van der Waals surface area (Å²) in [6, 6.07) is 8.16. The van der Waals surface area contributed by atoms with Crippen LogP contribution in [0.25, 0.3) is 0 Å². The van der Waals surface area contributed by atoms with Gasteiger partial charge in [-0.2, -0.15) is 0 Å². The molecule has 2 saturated carbocycles. The van der Waals surface area contributed by atoms with Crippen molar-refractivity contribution in [3.8, 4) is 5.75 Å². The van der Waals surface area contributed by atoms with E-state index in [9.17, 15) is 4.79 Å². The first-order valence-electron chi connectivity index (χ1n) is 8.45. The summed E-state index contributed by atoms with van der Waals surface area (Å²) in [5.74, 6) is 2.07. The van der Waals surface area contributed by atoms with Crippen LogP contribution in [0.2, 0.25) is 0 Å². The zero-order chi connectivity index (χ0) is 15.4. The lowest BCUT2D eigenvalue weighted by atomic mass is 10.00. The summed E-state index contributed by atoms with van der Waals surface area (Å²) < 4.78 is 5.87. The van der Waals surface area contributed by atoms with Crippen molar-refractivity contribution in [2.45, 2.75) is 51.1 Å². The fourth-order valence-corrected chi connectivity index (χ4v) is 3.11. The predicted octanol–water partition coefficient (Wildman–Crippen LogP) is 2.61. The van der Waals surface area contributed by atoms with Gasteiger partial charge in [0.25, 0.3) is 0 Å². The van der Waals surface area contributed by atoms with Crippen molar-refractivity contribution in [1.82, 2.24) is 5.32 Å². The molecule has 4 nitrogen and oxygen atoms in total. The van der Waals surface area contributed by atoms with Crippen molar-refractivity contribution >= 4 is 5.91 Å². The number of hydrogen-bond acceptors (Lipinski definition) is 3. The fraction of sp³-hybridized carbons (Fsp3) is 0.611. The molecule has 2 aliphatic carbocycles. The van der Waals surface area contributed by atoms with Crippen LogP contribution in [-0.2, 0) is 11.3 Å². The molecular formula is C18H26N2O2. The van der Waals surface area contributed by atoms with Gasteiger partial charge in [-0.05, 0) is 43.6 Å². The van der Waals surface area contributed by atoms with E-state index < -0.39 is 0 Å². The van der Waals surface area contributed by atoms with Crippen molar-refractivity contribution in [1.29, 1.82) is 0 Å². The van der Waals surface area contributed by atoms with Crippen molar-refractivity contribution in [3.05, 3.63) is 29.8 Å². The number of rotatable bonds is 7. The maximum absolute atomic E-state index is 12.1. The molecule has 0 unspecified atom stereocenters. The van der Waals surface area contributed by atoms with Crippen LogP contribution < -0.4 is 15.8 Å². The van der Waals surface area contributed by atoms with Crippen LogP contribution in [0.15, 0.2) is 24.3 Å². The third kappa shape index (κ3) is 4.23. The van der Waals surface area contributed by atoms with E-state index in [2.05, 4.69) is 5.32 Å². The SMILES string of the molecule is N[C@@H]1CCC[C@H]1CC(=O)NCc1ccccc1OCC1CC1. The molecule has 0 aliphatic heterocycles. The van der Waals surface area contributed by atoms with Crippen LogP contribution in [0.4, 0.5) is 0 Å². The number of carbonyl (C=O) groups excluding carboxylic acids is 1. The molecule has 0 bridgehead atoms. The van der Waals surface area contributed by atoms with E-state index in [-0.39, 0.29) is 11.9 Å². The predicted molar refractivity (Wildman–Crippen MR) is 86.4 cm³/mol. The van der Waals surface area contributed by atoms with Gasteiger partial charge < -0.3 is 15.8 Å². The highest BCUT2D eigenvalue weighted by Gasteiger charge is 2.26. The van der Waals surface area contributed by atoms with Crippen LogP contribution in [0, 0.1) is 11.8 Å². The van der Waals surface area contributed by atoms with Crippen molar-refractivity contribution in [3.63, 3.8) is 0 Å². The Morgan fingerprint density at radius 3 is 2.77 bits per heavy atom. The van der Waals surface area contributed by atoms with Gasteiger partial charge in [-0.3, -0.25) is 4.79 Å². The average molecular weight is 302 g/mol. The highest BCUT2D eigenvalue weighted by Crippen LogP contribution is 2.30. The Kier molecular flexibility index (Phi) is 4.98. The molecule has 2 fully saturated rings. The number of carbonyl (C=O) groups is 1. The van der Waals surface area contributed by atoms with E-state index in [4.69, 9.17) is 10.5 Å². The number of amides is 1. The zero-order valence-corrected chi connectivity index (χ0v) is 13.1. The summed E-state index contributed by atoms with van der Waals surface area (Å²) in [6.45, 7) is 1.32. The Bertz CT molecular complexity index is 514. The highest BCUT2D eigenvalue weighted by molar-refractivity contribution is 5.76. The Morgan fingerprint density at radius 2 is 2.05 bits per heavy atom. The number of nitrogens with one attached hydrogen (secondary N) is 1. The van der Waals surface area contributed by atoms with Gasteiger partial charge in [-0.15, -0.1) is 0 Å². The molecule has 0 aromatic heterocycles. The smallest absolute Gasteiger partial charge is 0.220 e. The second-order valence-electron chi connectivity index (χ2n) is 6.70. The van der Waals surface area contributed by atoms with E-state index >= 15 is 0 Å². The van der Waals surface area contributed by atoms with E-state index in [0.29, 0.717) is 18.9 Å². The van der Waals surface area contributed by atoms with Crippen molar-refractivity contribution in [2.24, 2.45) is 17.6 Å². The minimum Gasteiger partial charge on any atom is -0.493 e. The lowest BCUT2D eigenvalue weighted by Crippen LogP contribution is -2.31. The zero-order valence-electron chi connectivity index (χ0n) is 13.1. The first-order valence-corrected chi connectivity index (χ1v) is 8.45. The Morgan fingerprint density at radius 1 is 1.23 bits per heavy atom. The number of benzene rings is 1. The third-order valence-electron chi connectivity index (χ3n) is 4.79. The molecule has 3 N–H and O–H groups in total. The molecule has 0 spiro atoms. The Labute approximate surface area is 132 Å². The van der Waals surface area contributed by atoms with E-state index in [0.717, 1.165) is 43.1 Å². The summed E-state index contributed by atoms with van der Waals surface area (Å²) in [4.78, 5) is 12.1. The largest absolute Gasteiger partial charge is 0.493 e. The molecule has 22 heavy (non-hydrogen) atoms. The molecule has 1 aromatic rings. The van der Waals surface area contributed by atoms with E-state index in [1.807, 2.05) is 24.3 Å². The summed E-state index contributed by atoms with van der Waals surface area (Å²) in [6.07, 6.45) is 6.38. The van der Waals surface area contributed by atoms with Gasteiger partial charge in [0.15, 0.2) is 0 Å². The molecule has 0 radical (unpaired) electrons. The first-order chi connectivity index (χ1) is 10.7. The molecule has 2 aliphatic rings. The first kappa shape index (κ1) is 15.3. The van der Waals surface area contributed by atoms with Gasteiger partial charge in [0.1, 0.15) is 5.75 Å². The summed E-state index contributed by atoms with van der Waals surface area (Å²) in [5, 5.41) is 3.02. The fourth-order valence-electron chi connectivity index (χ4n) is 3.11.